The molecule has 4 nitrogen and oxygen atoms in total. The second-order valence-corrected chi connectivity index (χ2v) is 6.37. The predicted octanol–water partition coefficient (Wildman–Crippen LogP) is 2.26. The molecule has 2 fully saturated rings. The summed E-state index contributed by atoms with van der Waals surface area (Å²) in [5.74, 6) is 0.0327. The monoisotopic (exact) mass is 299 g/mol. The van der Waals surface area contributed by atoms with Crippen molar-refractivity contribution in [1.29, 1.82) is 0 Å². The first-order valence-electron chi connectivity index (χ1n) is 7.45. The Bertz CT molecular complexity index is 631. The molecule has 3 rings (SSSR count). The van der Waals surface area contributed by atoms with E-state index >= 15 is 0 Å². The fraction of sp³-hybridized carbons (Fsp3) is 0.444. The molecule has 0 N–H and O–H groups in total. The second kappa shape index (κ2) is 5.40. The first-order valence-corrected chi connectivity index (χ1v) is 7.45. The molecule has 22 heavy (non-hydrogen) atoms. The molecule has 1 amide bonds. The number of hydrogen-bond acceptors (Lipinski definition) is 3. The number of benzene rings is 1. The first kappa shape index (κ1) is 15.0. The van der Waals surface area contributed by atoms with Gasteiger partial charge in [-0.05, 0) is 19.4 Å². The maximum Gasteiger partial charge on any atom is 0.254 e. The molecule has 0 aliphatic carbocycles. The molecule has 0 saturated carbocycles. The number of rotatable bonds is 3. The van der Waals surface area contributed by atoms with Crippen LogP contribution in [-0.4, -0.2) is 48.3 Å². The van der Waals surface area contributed by atoms with Gasteiger partial charge in [0, 0.05) is 19.2 Å². The van der Waals surface area contributed by atoms with Gasteiger partial charge in [-0.3, -0.25) is 4.79 Å². The maximum atomic E-state index is 12.2. The van der Waals surface area contributed by atoms with E-state index in [1.807, 2.05) is 49.1 Å². The van der Waals surface area contributed by atoms with Crippen molar-refractivity contribution in [2.24, 2.45) is 0 Å². The van der Waals surface area contributed by atoms with E-state index in [0.717, 1.165) is 11.1 Å². The molecule has 2 heterocycles. The molecule has 0 unspecified atom stereocenters. The lowest BCUT2D eigenvalue weighted by Gasteiger charge is -2.57. The van der Waals surface area contributed by atoms with Crippen LogP contribution in [0.25, 0.3) is 5.57 Å². The zero-order valence-electron chi connectivity index (χ0n) is 13.2. The van der Waals surface area contributed by atoms with Crippen LogP contribution in [0.3, 0.4) is 0 Å². The van der Waals surface area contributed by atoms with E-state index in [9.17, 15) is 4.79 Å². The lowest BCUT2D eigenvalue weighted by atomic mass is 9.82. The normalized spacial score (nSPS) is 29.3. The molecule has 4 heteroatoms. The van der Waals surface area contributed by atoms with Gasteiger partial charge in [-0.2, -0.15) is 0 Å². The summed E-state index contributed by atoms with van der Waals surface area (Å²) in [6, 6.07) is 9.80. The summed E-state index contributed by atoms with van der Waals surface area (Å²) in [4.78, 5) is 14.1. The number of hydrogen-bond donors (Lipinski definition) is 0. The van der Waals surface area contributed by atoms with Crippen molar-refractivity contribution in [1.82, 2.24) is 4.90 Å². The molecule has 0 bridgehead atoms. The van der Waals surface area contributed by atoms with Gasteiger partial charge in [0.05, 0.1) is 11.6 Å². The number of β-lactam (4-membered cyclic amide) rings is 1. The molecule has 1 aromatic rings. The van der Waals surface area contributed by atoms with Crippen LogP contribution in [0.4, 0.5) is 0 Å². The lowest BCUT2D eigenvalue weighted by Crippen LogP contribution is -2.75. The standard InChI is InChI=1S/C18H21NO3/c1-5-13(12-9-7-6-8-10-12)15-14-16(21-4)17(20)19(14)11-18(2,3)22-15/h6-10,14-16H,1,11H2,2-4H3/t14-,15-,16+/m0/s1. The molecule has 1 aromatic carbocycles. The minimum Gasteiger partial charge on any atom is -0.369 e. The quantitative estimate of drug-likeness (QED) is 0.635. The zero-order chi connectivity index (χ0) is 15.9. The van der Waals surface area contributed by atoms with Crippen molar-refractivity contribution in [2.45, 2.75) is 37.7 Å². The highest BCUT2D eigenvalue weighted by atomic mass is 16.5. The Balaban J connectivity index is 1.99. The Morgan fingerprint density at radius 3 is 2.68 bits per heavy atom. The van der Waals surface area contributed by atoms with E-state index in [-0.39, 0.29) is 18.1 Å². The van der Waals surface area contributed by atoms with Crippen LogP contribution in [0.15, 0.2) is 42.6 Å². The first-order chi connectivity index (χ1) is 10.5. The molecular weight excluding hydrogens is 278 g/mol. The second-order valence-electron chi connectivity index (χ2n) is 6.37. The van der Waals surface area contributed by atoms with E-state index in [1.54, 1.807) is 7.11 Å². The fourth-order valence-corrected chi connectivity index (χ4v) is 3.36. The van der Waals surface area contributed by atoms with Gasteiger partial charge >= 0.3 is 0 Å². The van der Waals surface area contributed by atoms with Gasteiger partial charge in [0.25, 0.3) is 5.91 Å². The summed E-state index contributed by atoms with van der Waals surface area (Å²) in [7, 11) is 1.57. The molecule has 2 aliphatic heterocycles. The Labute approximate surface area is 131 Å². The van der Waals surface area contributed by atoms with E-state index < -0.39 is 11.7 Å². The van der Waals surface area contributed by atoms with Crippen molar-refractivity contribution < 1.29 is 14.3 Å². The summed E-state index contributed by atoms with van der Waals surface area (Å²) in [6.07, 6.45) is -0.737. The van der Waals surface area contributed by atoms with Crippen LogP contribution in [0, 0.1) is 0 Å². The molecule has 0 spiro atoms. The van der Waals surface area contributed by atoms with E-state index in [4.69, 9.17) is 9.47 Å². The van der Waals surface area contributed by atoms with Crippen molar-refractivity contribution in [3.8, 4) is 0 Å². The van der Waals surface area contributed by atoms with Gasteiger partial charge < -0.3 is 14.4 Å². The van der Waals surface area contributed by atoms with Crippen LogP contribution in [0.2, 0.25) is 0 Å². The van der Waals surface area contributed by atoms with Gasteiger partial charge in [0.2, 0.25) is 0 Å². The van der Waals surface area contributed by atoms with Crippen LogP contribution in [0.1, 0.15) is 19.4 Å². The van der Waals surface area contributed by atoms with Gasteiger partial charge in [0.1, 0.15) is 6.10 Å². The third kappa shape index (κ3) is 2.30. The van der Waals surface area contributed by atoms with E-state index in [2.05, 4.69) is 12.3 Å². The number of carbonyl (C=O) groups excluding carboxylic acids is 1. The number of morpholine rings is 1. The average Bonchev–Trinajstić information content (AvgIpc) is 2.50. The average molecular weight is 299 g/mol. The summed E-state index contributed by atoms with van der Waals surface area (Å²) < 4.78 is 11.6. The highest BCUT2D eigenvalue weighted by Gasteiger charge is 2.58. The highest BCUT2D eigenvalue weighted by Crippen LogP contribution is 2.40. The van der Waals surface area contributed by atoms with E-state index in [1.165, 1.54) is 0 Å². The van der Waals surface area contributed by atoms with Gasteiger partial charge in [-0.15, -0.1) is 5.73 Å². The van der Waals surface area contributed by atoms with Gasteiger partial charge in [0.15, 0.2) is 6.10 Å². The topological polar surface area (TPSA) is 38.8 Å². The largest absolute Gasteiger partial charge is 0.369 e. The third-order valence-electron chi connectivity index (χ3n) is 4.32. The van der Waals surface area contributed by atoms with Crippen LogP contribution in [0.5, 0.6) is 0 Å². The molecule has 0 radical (unpaired) electrons. The van der Waals surface area contributed by atoms with E-state index in [0.29, 0.717) is 6.54 Å². The summed E-state index contributed by atoms with van der Waals surface area (Å²) in [6.45, 7) is 8.39. The highest BCUT2D eigenvalue weighted by molar-refractivity contribution is 5.90. The van der Waals surface area contributed by atoms with Crippen molar-refractivity contribution in [3.63, 3.8) is 0 Å². The number of carbonyl (C=O) groups is 1. The Kier molecular flexibility index (Phi) is 3.69. The minimum atomic E-state index is -0.451. The minimum absolute atomic E-state index is 0.0327. The summed E-state index contributed by atoms with van der Waals surface area (Å²) >= 11 is 0. The number of ether oxygens (including phenoxy) is 2. The number of fused-ring (bicyclic) bond motifs is 1. The molecule has 2 aliphatic rings. The number of methoxy groups -OCH3 is 1. The molecule has 0 aromatic heterocycles. The Hall–Kier alpha value is -1.87. The Morgan fingerprint density at radius 1 is 1.41 bits per heavy atom. The molecular formula is C18H21NO3. The maximum absolute atomic E-state index is 12.2. The van der Waals surface area contributed by atoms with Gasteiger partial charge in [-0.1, -0.05) is 36.9 Å². The van der Waals surface area contributed by atoms with Crippen LogP contribution in [-0.2, 0) is 14.3 Å². The molecule has 2 saturated heterocycles. The summed E-state index contributed by atoms with van der Waals surface area (Å²) in [5.41, 5.74) is 4.49. The van der Waals surface area contributed by atoms with Crippen molar-refractivity contribution in [2.75, 3.05) is 13.7 Å². The van der Waals surface area contributed by atoms with Crippen LogP contribution >= 0.6 is 0 Å². The zero-order valence-corrected chi connectivity index (χ0v) is 13.2. The SMILES string of the molecule is C=C=C(c1ccccc1)[C@@H]1OC(C)(C)CN2C(=O)[C@H](OC)[C@H]12. The van der Waals surface area contributed by atoms with Crippen molar-refractivity contribution in [3.05, 3.63) is 48.2 Å². The summed E-state index contributed by atoms with van der Waals surface area (Å²) in [5, 5.41) is 0. The lowest BCUT2D eigenvalue weighted by molar-refractivity contribution is -0.220. The molecule has 3 atom stereocenters. The molecule has 116 valence electrons. The predicted molar refractivity (Wildman–Crippen MR) is 84.2 cm³/mol. The van der Waals surface area contributed by atoms with Crippen LogP contribution < -0.4 is 0 Å². The fourth-order valence-electron chi connectivity index (χ4n) is 3.36. The number of amides is 1. The third-order valence-corrected chi connectivity index (χ3v) is 4.32. The van der Waals surface area contributed by atoms with Gasteiger partial charge in [-0.25, -0.2) is 0 Å². The Morgan fingerprint density at radius 2 is 2.09 bits per heavy atom. The number of nitrogens with zero attached hydrogens (tertiary/aromatic N) is 1. The smallest absolute Gasteiger partial charge is 0.254 e. The van der Waals surface area contributed by atoms with Crippen molar-refractivity contribution >= 4 is 11.5 Å².